The predicted octanol–water partition coefficient (Wildman–Crippen LogP) is 3.99. The van der Waals surface area contributed by atoms with E-state index in [1.54, 1.807) is 0 Å². The summed E-state index contributed by atoms with van der Waals surface area (Å²) in [6.07, 6.45) is 2.56. The summed E-state index contributed by atoms with van der Waals surface area (Å²) < 4.78 is 11.5. The van der Waals surface area contributed by atoms with E-state index < -0.39 is 0 Å². The number of likely N-dealkylation sites (tertiary alicyclic amines) is 1. The number of amides is 1. The van der Waals surface area contributed by atoms with E-state index in [0.717, 1.165) is 36.4 Å². The Kier molecular flexibility index (Phi) is 8.74. The Morgan fingerprint density at radius 2 is 1.90 bits per heavy atom. The van der Waals surface area contributed by atoms with Gasteiger partial charge in [-0.05, 0) is 69.6 Å². The van der Waals surface area contributed by atoms with Gasteiger partial charge in [-0.15, -0.1) is 0 Å². The molecule has 3 rings (SSSR count). The third kappa shape index (κ3) is 6.97. The minimum absolute atomic E-state index is 0.0694. The average molecular weight is 426 g/mol. The highest BCUT2D eigenvalue weighted by Gasteiger charge is 2.22. The Bertz CT molecular complexity index is 838. The summed E-state index contributed by atoms with van der Waals surface area (Å²) >= 11 is 0. The molecular formula is C25H35N3O3. The number of nitrogens with one attached hydrogen (secondary N) is 2. The lowest BCUT2D eigenvalue weighted by atomic mass is 10.1. The summed E-state index contributed by atoms with van der Waals surface area (Å²) in [5, 5.41) is 6.42. The Balaban J connectivity index is 1.51. The van der Waals surface area contributed by atoms with Gasteiger partial charge in [0.1, 0.15) is 0 Å². The zero-order valence-electron chi connectivity index (χ0n) is 18.9. The molecule has 0 aromatic heterocycles. The van der Waals surface area contributed by atoms with Crippen LogP contribution >= 0.6 is 0 Å². The lowest BCUT2D eigenvalue weighted by Gasteiger charge is -2.23. The first-order valence-corrected chi connectivity index (χ1v) is 11.3. The van der Waals surface area contributed by atoms with Gasteiger partial charge in [0.25, 0.3) is 5.91 Å². The lowest BCUT2D eigenvalue weighted by molar-refractivity contribution is -0.118. The molecule has 0 saturated carbocycles. The molecule has 1 aliphatic heterocycles. The van der Waals surface area contributed by atoms with Crippen LogP contribution in [0.5, 0.6) is 11.5 Å². The average Bonchev–Trinajstić information content (AvgIpc) is 3.22. The first-order chi connectivity index (χ1) is 15.1. The molecule has 0 spiro atoms. The molecule has 1 aliphatic rings. The number of aryl methyl sites for hydroxylation is 1. The van der Waals surface area contributed by atoms with Crippen LogP contribution in [0.1, 0.15) is 37.8 Å². The van der Waals surface area contributed by atoms with Gasteiger partial charge in [-0.1, -0.05) is 30.7 Å². The van der Waals surface area contributed by atoms with E-state index in [0.29, 0.717) is 24.1 Å². The number of carbonyl (C=O) groups is 1. The molecule has 1 fully saturated rings. The van der Waals surface area contributed by atoms with Gasteiger partial charge in [0, 0.05) is 24.8 Å². The molecular weight excluding hydrogens is 390 g/mol. The van der Waals surface area contributed by atoms with Crippen molar-refractivity contribution in [2.75, 3.05) is 38.2 Å². The standard InChI is InChI=1S/C25H35N3O3/c1-4-28-14-6-7-22(28)17-26-16-20-10-13-23(24(15-20)30-5-2)31-18-25(29)27-21-11-8-19(3)9-12-21/h8-13,15,22,26H,4-7,14,16-18H2,1-3H3,(H,27,29). The highest BCUT2D eigenvalue weighted by Crippen LogP contribution is 2.28. The van der Waals surface area contributed by atoms with Gasteiger partial charge >= 0.3 is 0 Å². The van der Waals surface area contributed by atoms with Crippen LogP contribution in [0.2, 0.25) is 0 Å². The number of hydrogen-bond acceptors (Lipinski definition) is 5. The largest absolute Gasteiger partial charge is 0.490 e. The second-order valence-corrected chi connectivity index (χ2v) is 7.97. The number of benzene rings is 2. The Labute approximate surface area is 185 Å². The molecule has 6 heteroatoms. The Morgan fingerprint density at radius 1 is 1.10 bits per heavy atom. The third-order valence-electron chi connectivity index (χ3n) is 5.62. The molecule has 0 bridgehead atoms. The van der Waals surface area contributed by atoms with Gasteiger partial charge < -0.3 is 20.1 Å². The summed E-state index contributed by atoms with van der Waals surface area (Å²) in [5.74, 6) is 1.05. The maximum Gasteiger partial charge on any atom is 0.262 e. The Hall–Kier alpha value is -2.57. The SMILES string of the molecule is CCOc1cc(CNCC2CCCN2CC)ccc1OCC(=O)Nc1ccc(C)cc1. The van der Waals surface area contributed by atoms with Gasteiger partial charge in [0.15, 0.2) is 18.1 Å². The van der Waals surface area contributed by atoms with Crippen molar-refractivity contribution in [3.05, 3.63) is 53.6 Å². The van der Waals surface area contributed by atoms with Crippen LogP contribution in [0, 0.1) is 6.92 Å². The zero-order valence-corrected chi connectivity index (χ0v) is 18.9. The number of anilines is 1. The first-order valence-electron chi connectivity index (χ1n) is 11.3. The maximum absolute atomic E-state index is 12.2. The molecule has 2 N–H and O–H groups in total. The lowest BCUT2D eigenvalue weighted by Crippen LogP contribution is -2.37. The maximum atomic E-state index is 12.2. The van der Waals surface area contributed by atoms with E-state index >= 15 is 0 Å². The van der Waals surface area contributed by atoms with Crippen molar-refractivity contribution in [1.82, 2.24) is 10.2 Å². The van der Waals surface area contributed by atoms with Crippen LogP contribution in [0.4, 0.5) is 5.69 Å². The summed E-state index contributed by atoms with van der Waals surface area (Å²) in [6.45, 7) is 10.8. The van der Waals surface area contributed by atoms with E-state index in [1.807, 2.05) is 56.3 Å². The molecule has 0 aliphatic carbocycles. The summed E-state index contributed by atoms with van der Waals surface area (Å²) in [5.41, 5.74) is 3.05. The second kappa shape index (κ2) is 11.7. The second-order valence-electron chi connectivity index (χ2n) is 7.97. The molecule has 6 nitrogen and oxygen atoms in total. The summed E-state index contributed by atoms with van der Waals surface area (Å²) in [6, 6.07) is 14.2. The minimum atomic E-state index is -0.200. The molecule has 31 heavy (non-hydrogen) atoms. The normalized spacial score (nSPS) is 16.3. The van der Waals surface area contributed by atoms with Gasteiger partial charge in [0.05, 0.1) is 6.61 Å². The number of carbonyl (C=O) groups excluding carboxylic acids is 1. The van der Waals surface area contributed by atoms with Crippen LogP contribution in [0.3, 0.4) is 0 Å². The van der Waals surface area contributed by atoms with E-state index in [-0.39, 0.29) is 12.5 Å². The number of rotatable bonds is 11. The fourth-order valence-corrected chi connectivity index (χ4v) is 3.95. The van der Waals surface area contributed by atoms with E-state index in [9.17, 15) is 4.79 Å². The van der Waals surface area contributed by atoms with Gasteiger partial charge in [-0.2, -0.15) is 0 Å². The minimum Gasteiger partial charge on any atom is -0.490 e. The van der Waals surface area contributed by atoms with Crippen molar-refractivity contribution >= 4 is 11.6 Å². The summed E-state index contributed by atoms with van der Waals surface area (Å²) in [7, 11) is 0. The van der Waals surface area contributed by atoms with Gasteiger partial charge in [0.2, 0.25) is 0 Å². The zero-order chi connectivity index (χ0) is 22.1. The molecule has 0 radical (unpaired) electrons. The number of nitrogens with zero attached hydrogens (tertiary/aromatic N) is 1. The molecule has 2 aromatic carbocycles. The first kappa shape index (κ1) is 23.1. The van der Waals surface area contributed by atoms with Crippen LogP contribution in [0.25, 0.3) is 0 Å². The molecule has 168 valence electrons. The third-order valence-corrected chi connectivity index (χ3v) is 5.62. The predicted molar refractivity (Wildman–Crippen MR) is 125 cm³/mol. The smallest absolute Gasteiger partial charge is 0.262 e. The van der Waals surface area contributed by atoms with Crippen LogP contribution in [-0.2, 0) is 11.3 Å². The van der Waals surface area contributed by atoms with Crippen molar-refractivity contribution < 1.29 is 14.3 Å². The molecule has 1 amide bonds. The van der Waals surface area contributed by atoms with Crippen LogP contribution in [0.15, 0.2) is 42.5 Å². The number of ether oxygens (including phenoxy) is 2. The highest BCUT2D eigenvalue weighted by molar-refractivity contribution is 5.91. The van der Waals surface area contributed by atoms with Crippen LogP contribution < -0.4 is 20.1 Å². The van der Waals surface area contributed by atoms with E-state index in [4.69, 9.17) is 9.47 Å². The van der Waals surface area contributed by atoms with Gasteiger partial charge in [-0.25, -0.2) is 0 Å². The topological polar surface area (TPSA) is 62.8 Å². The van der Waals surface area contributed by atoms with Gasteiger partial charge in [-0.3, -0.25) is 9.69 Å². The van der Waals surface area contributed by atoms with Crippen molar-refractivity contribution in [3.63, 3.8) is 0 Å². The van der Waals surface area contributed by atoms with E-state index in [1.165, 1.54) is 19.4 Å². The highest BCUT2D eigenvalue weighted by atomic mass is 16.5. The van der Waals surface area contributed by atoms with Crippen molar-refractivity contribution in [3.8, 4) is 11.5 Å². The van der Waals surface area contributed by atoms with Crippen molar-refractivity contribution in [2.24, 2.45) is 0 Å². The molecule has 1 unspecified atom stereocenters. The molecule has 2 aromatic rings. The fourth-order valence-electron chi connectivity index (χ4n) is 3.95. The Morgan fingerprint density at radius 3 is 2.65 bits per heavy atom. The van der Waals surface area contributed by atoms with E-state index in [2.05, 4.69) is 22.5 Å². The quantitative estimate of drug-likeness (QED) is 0.570. The van der Waals surface area contributed by atoms with Crippen LogP contribution in [-0.4, -0.2) is 49.7 Å². The summed E-state index contributed by atoms with van der Waals surface area (Å²) in [4.78, 5) is 14.8. The van der Waals surface area contributed by atoms with Crippen molar-refractivity contribution in [2.45, 2.75) is 46.2 Å². The monoisotopic (exact) mass is 425 g/mol. The fraction of sp³-hybridized carbons (Fsp3) is 0.480. The number of likely N-dealkylation sites (N-methyl/N-ethyl adjacent to an activating group) is 1. The van der Waals surface area contributed by atoms with Crippen molar-refractivity contribution in [1.29, 1.82) is 0 Å². The number of hydrogen-bond donors (Lipinski definition) is 2. The molecule has 1 saturated heterocycles. The molecule has 1 heterocycles. The molecule has 1 atom stereocenters.